The molecule has 0 unspecified atom stereocenters. The lowest BCUT2D eigenvalue weighted by atomic mass is 10.1. The van der Waals surface area contributed by atoms with E-state index < -0.39 is 11.8 Å². The molecule has 2 rings (SSSR count). The lowest BCUT2D eigenvalue weighted by Gasteiger charge is -2.07. The summed E-state index contributed by atoms with van der Waals surface area (Å²) in [7, 11) is 0. The number of aromatic nitrogens is 2. The first-order valence-corrected chi connectivity index (χ1v) is 6.15. The second-order valence-electron chi connectivity index (χ2n) is 4.57. The van der Waals surface area contributed by atoms with Gasteiger partial charge in [-0.05, 0) is 37.6 Å². The topological polar surface area (TPSA) is 55.1 Å². The van der Waals surface area contributed by atoms with E-state index in [0.29, 0.717) is 6.54 Å². The Hall–Kier alpha value is -2.43. The molecule has 1 heterocycles. The fourth-order valence-corrected chi connectivity index (χ4v) is 1.88. The van der Waals surface area contributed by atoms with Crippen LogP contribution in [0.4, 0.5) is 4.39 Å². The Balaban J connectivity index is 2.27. The van der Waals surface area contributed by atoms with Gasteiger partial charge in [-0.25, -0.2) is 14.2 Å². The molecule has 1 aromatic heterocycles. The molecule has 0 bridgehead atoms. The maximum atomic E-state index is 13.6. The van der Waals surface area contributed by atoms with Crippen LogP contribution in [0.3, 0.4) is 0 Å². The van der Waals surface area contributed by atoms with E-state index in [1.807, 2.05) is 18.4 Å². The van der Waals surface area contributed by atoms with Gasteiger partial charge < -0.3 is 9.67 Å². The van der Waals surface area contributed by atoms with Gasteiger partial charge in [-0.2, -0.15) is 0 Å². The number of imidazole rings is 1. The number of carbonyl (C=O) groups is 1. The van der Waals surface area contributed by atoms with Crippen LogP contribution < -0.4 is 0 Å². The zero-order valence-electron chi connectivity index (χ0n) is 11.3. The van der Waals surface area contributed by atoms with Crippen molar-refractivity contribution in [1.82, 2.24) is 9.55 Å². The molecule has 4 nitrogen and oxygen atoms in total. The van der Waals surface area contributed by atoms with Crippen molar-refractivity contribution in [3.8, 4) is 0 Å². The molecule has 0 aliphatic carbocycles. The van der Waals surface area contributed by atoms with Crippen molar-refractivity contribution in [2.75, 3.05) is 0 Å². The van der Waals surface area contributed by atoms with Crippen molar-refractivity contribution in [3.63, 3.8) is 0 Å². The van der Waals surface area contributed by atoms with Crippen LogP contribution in [0.2, 0.25) is 0 Å². The average Bonchev–Trinajstić information content (AvgIpc) is 2.71. The fourth-order valence-electron chi connectivity index (χ4n) is 1.88. The predicted molar refractivity (Wildman–Crippen MR) is 73.9 cm³/mol. The maximum Gasteiger partial charge on any atom is 0.328 e. The average molecular weight is 274 g/mol. The van der Waals surface area contributed by atoms with E-state index >= 15 is 0 Å². The van der Waals surface area contributed by atoms with E-state index in [4.69, 9.17) is 5.11 Å². The number of carboxylic acid groups (broad SMARTS) is 1. The van der Waals surface area contributed by atoms with Gasteiger partial charge in [0.25, 0.3) is 0 Å². The third-order valence-electron chi connectivity index (χ3n) is 3.16. The highest BCUT2D eigenvalue weighted by atomic mass is 19.1. The van der Waals surface area contributed by atoms with Gasteiger partial charge in [0.05, 0.1) is 12.0 Å². The van der Waals surface area contributed by atoms with Crippen LogP contribution in [0.15, 0.2) is 30.6 Å². The van der Waals surface area contributed by atoms with Crippen molar-refractivity contribution in [2.45, 2.75) is 20.4 Å². The number of benzene rings is 1. The van der Waals surface area contributed by atoms with Crippen molar-refractivity contribution in [3.05, 3.63) is 58.9 Å². The van der Waals surface area contributed by atoms with E-state index in [0.717, 1.165) is 23.0 Å². The summed E-state index contributed by atoms with van der Waals surface area (Å²) in [5.74, 6) is -1.54. The van der Waals surface area contributed by atoms with Crippen LogP contribution in [0.5, 0.6) is 0 Å². The molecule has 20 heavy (non-hydrogen) atoms. The number of nitrogens with zero attached hydrogens (tertiary/aromatic N) is 2. The third kappa shape index (κ3) is 3.12. The highest BCUT2D eigenvalue weighted by molar-refractivity contribution is 5.85. The van der Waals surface area contributed by atoms with Gasteiger partial charge in [-0.15, -0.1) is 0 Å². The Morgan fingerprint density at radius 2 is 2.20 bits per heavy atom. The van der Waals surface area contributed by atoms with Gasteiger partial charge in [-0.3, -0.25) is 0 Å². The van der Waals surface area contributed by atoms with Crippen LogP contribution in [0.25, 0.3) is 6.08 Å². The molecule has 5 heteroatoms. The number of aryl methyl sites for hydroxylation is 1. The molecule has 0 saturated heterocycles. The molecule has 0 radical (unpaired) electrons. The van der Waals surface area contributed by atoms with E-state index in [1.165, 1.54) is 12.1 Å². The predicted octanol–water partition coefficient (Wildman–Crippen LogP) is 2.79. The molecule has 0 spiro atoms. The Kier molecular flexibility index (Phi) is 3.98. The zero-order valence-corrected chi connectivity index (χ0v) is 11.3. The Morgan fingerprint density at radius 3 is 2.80 bits per heavy atom. The van der Waals surface area contributed by atoms with E-state index in [2.05, 4.69) is 4.98 Å². The number of carboxylic acids is 1. The maximum absolute atomic E-state index is 13.6. The van der Waals surface area contributed by atoms with Crippen molar-refractivity contribution < 1.29 is 14.3 Å². The molecule has 2 aromatic rings. The quantitative estimate of drug-likeness (QED) is 0.872. The second kappa shape index (κ2) is 5.69. The smallest absolute Gasteiger partial charge is 0.328 e. The lowest BCUT2D eigenvalue weighted by Crippen LogP contribution is -2.01. The second-order valence-corrected chi connectivity index (χ2v) is 4.57. The molecular weight excluding hydrogens is 259 g/mol. The summed E-state index contributed by atoms with van der Waals surface area (Å²) in [5, 5.41) is 8.59. The summed E-state index contributed by atoms with van der Waals surface area (Å²) in [4.78, 5) is 14.7. The summed E-state index contributed by atoms with van der Waals surface area (Å²) in [6, 6.07) is 4.67. The van der Waals surface area contributed by atoms with Crippen LogP contribution in [0.1, 0.15) is 22.5 Å². The third-order valence-corrected chi connectivity index (χ3v) is 3.16. The molecular formula is C15H15FN2O2. The number of hydrogen-bond donors (Lipinski definition) is 1. The Morgan fingerprint density at radius 1 is 1.45 bits per heavy atom. The number of rotatable bonds is 4. The molecule has 0 amide bonds. The van der Waals surface area contributed by atoms with Gasteiger partial charge in [0.2, 0.25) is 0 Å². The van der Waals surface area contributed by atoms with Gasteiger partial charge in [0.1, 0.15) is 5.82 Å². The van der Waals surface area contributed by atoms with E-state index in [1.54, 1.807) is 18.5 Å². The molecule has 0 aliphatic rings. The standard InChI is InChI=1S/C15H15FN2O2/c1-10-11(2)18(9-17-10)8-12-3-5-14(16)13(7-12)4-6-15(19)20/h3-7,9H,8H2,1-2H3,(H,19,20). The summed E-state index contributed by atoms with van der Waals surface area (Å²) in [5.41, 5.74) is 3.16. The van der Waals surface area contributed by atoms with Crippen LogP contribution in [-0.4, -0.2) is 20.6 Å². The summed E-state index contributed by atoms with van der Waals surface area (Å²) in [6.07, 6.45) is 3.92. The summed E-state index contributed by atoms with van der Waals surface area (Å²) < 4.78 is 15.5. The van der Waals surface area contributed by atoms with E-state index in [9.17, 15) is 9.18 Å². The zero-order chi connectivity index (χ0) is 14.7. The molecule has 1 aromatic carbocycles. The van der Waals surface area contributed by atoms with Crippen LogP contribution in [-0.2, 0) is 11.3 Å². The van der Waals surface area contributed by atoms with Crippen molar-refractivity contribution in [1.29, 1.82) is 0 Å². The van der Waals surface area contributed by atoms with Crippen molar-refractivity contribution in [2.24, 2.45) is 0 Å². The molecule has 104 valence electrons. The van der Waals surface area contributed by atoms with E-state index in [-0.39, 0.29) is 5.56 Å². The van der Waals surface area contributed by atoms with Gasteiger partial charge in [0.15, 0.2) is 0 Å². The van der Waals surface area contributed by atoms with Crippen LogP contribution >= 0.6 is 0 Å². The number of aliphatic carboxylic acids is 1. The van der Waals surface area contributed by atoms with Crippen molar-refractivity contribution >= 4 is 12.0 Å². The van der Waals surface area contributed by atoms with Gasteiger partial charge >= 0.3 is 5.97 Å². The minimum Gasteiger partial charge on any atom is -0.478 e. The molecule has 0 saturated carbocycles. The summed E-state index contributed by atoms with van der Waals surface area (Å²) in [6.45, 7) is 4.47. The number of hydrogen-bond acceptors (Lipinski definition) is 2. The normalized spacial score (nSPS) is 11.2. The van der Waals surface area contributed by atoms with Crippen LogP contribution in [0, 0.1) is 19.7 Å². The Bertz CT molecular complexity index is 675. The highest BCUT2D eigenvalue weighted by Crippen LogP contribution is 2.15. The molecule has 0 fully saturated rings. The first kappa shape index (κ1) is 14.0. The summed E-state index contributed by atoms with van der Waals surface area (Å²) >= 11 is 0. The SMILES string of the molecule is Cc1ncn(Cc2ccc(F)c(C=CC(=O)O)c2)c1C. The first-order chi connectivity index (χ1) is 9.47. The number of halogens is 1. The van der Waals surface area contributed by atoms with Gasteiger partial charge in [0, 0.05) is 23.9 Å². The first-order valence-electron chi connectivity index (χ1n) is 6.15. The fraction of sp³-hybridized carbons (Fsp3) is 0.200. The monoisotopic (exact) mass is 274 g/mol. The molecule has 1 N–H and O–H groups in total. The van der Waals surface area contributed by atoms with Gasteiger partial charge in [-0.1, -0.05) is 6.07 Å². The highest BCUT2D eigenvalue weighted by Gasteiger charge is 2.05. The molecule has 0 atom stereocenters. The Labute approximate surface area is 116 Å². The largest absolute Gasteiger partial charge is 0.478 e. The molecule has 0 aliphatic heterocycles. The lowest BCUT2D eigenvalue weighted by molar-refractivity contribution is -0.131. The minimum absolute atomic E-state index is 0.263. The minimum atomic E-state index is -1.10.